The number of morpholine rings is 1. The molecule has 1 fully saturated rings. The first-order valence-corrected chi connectivity index (χ1v) is 9.76. The number of nitrogens with one attached hydrogen (secondary N) is 1. The lowest BCUT2D eigenvalue weighted by Crippen LogP contribution is -2.49. The Labute approximate surface area is 130 Å². The van der Waals surface area contributed by atoms with E-state index in [2.05, 4.69) is 23.5 Å². The smallest absolute Gasteiger partial charge is 0.214 e. The Kier molecular flexibility index (Phi) is 8.16. The zero-order valence-corrected chi connectivity index (χ0v) is 14.8. The molecule has 0 saturated carbocycles. The maximum atomic E-state index is 12.3. The molecule has 1 rings (SSSR count). The summed E-state index contributed by atoms with van der Waals surface area (Å²) in [5, 5.41) is -0.280. The number of hydrogen-bond donors (Lipinski definition) is 1. The molecule has 126 valence electrons. The topological polar surface area (TPSA) is 58.6 Å². The molecule has 0 amide bonds. The van der Waals surface area contributed by atoms with Crippen molar-refractivity contribution < 1.29 is 13.2 Å². The van der Waals surface area contributed by atoms with Crippen molar-refractivity contribution in [3.63, 3.8) is 0 Å². The van der Waals surface area contributed by atoms with Crippen LogP contribution < -0.4 is 4.72 Å². The van der Waals surface area contributed by atoms with Crippen LogP contribution in [0.3, 0.4) is 0 Å². The van der Waals surface area contributed by atoms with E-state index in [1.807, 2.05) is 13.8 Å². The average Bonchev–Trinajstić information content (AvgIpc) is 2.42. The Bertz CT molecular complexity index is 384. The maximum Gasteiger partial charge on any atom is 0.214 e. The van der Waals surface area contributed by atoms with Crippen molar-refractivity contribution in [3.8, 4) is 0 Å². The van der Waals surface area contributed by atoms with Gasteiger partial charge in [-0.3, -0.25) is 4.90 Å². The molecule has 0 bridgehead atoms. The number of rotatable bonds is 9. The van der Waals surface area contributed by atoms with Crippen LogP contribution in [0.5, 0.6) is 0 Å². The second-order valence-corrected chi connectivity index (χ2v) is 8.40. The summed E-state index contributed by atoms with van der Waals surface area (Å²) in [4.78, 5) is 2.36. The fourth-order valence-electron chi connectivity index (χ4n) is 2.81. The van der Waals surface area contributed by atoms with Gasteiger partial charge in [0.15, 0.2) is 0 Å². The fourth-order valence-corrected chi connectivity index (χ4v) is 4.45. The highest BCUT2D eigenvalue weighted by atomic mass is 32.2. The molecule has 0 aromatic heterocycles. The van der Waals surface area contributed by atoms with E-state index in [-0.39, 0.29) is 11.4 Å². The lowest BCUT2D eigenvalue weighted by Gasteiger charge is -2.34. The first-order valence-electron chi connectivity index (χ1n) is 8.21. The fraction of sp³-hybridized carbons (Fsp3) is 1.00. The zero-order chi connectivity index (χ0) is 15.9. The molecular weight excluding hydrogens is 288 g/mol. The molecule has 1 aliphatic rings. The Morgan fingerprint density at radius 3 is 2.62 bits per heavy atom. The van der Waals surface area contributed by atoms with E-state index >= 15 is 0 Å². The minimum Gasteiger partial charge on any atom is -0.374 e. The normalized spacial score (nSPS) is 22.6. The molecule has 21 heavy (non-hydrogen) atoms. The largest absolute Gasteiger partial charge is 0.374 e. The van der Waals surface area contributed by atoms with Crippen molar-refractivity contribution in [2.24, 2.45) is 5.92 Å². The number of hydrogen-bond acceptors (Lipinski definition) is 4. The van der Waals surface area contributed by atoms with Crippen LogP contribution in [-0.4, -0.2) is 57.5 Å². The molecule has 2 unspecified atom stereocenters. The highest BCUT2D eigenvalue weighted by Gasteiger charge is 2.26. The van der Waals surface area contributed by atoms with Crippen LogP contribution in [0.4, 0.5) is 0 Å². The third-order valence-corrected chi connectivity index (χ3v) is 5.88. The highest BCUT2D eigenvalue weighted by molar-refractivity contribution is 7.90. The van der Waals surface area contributed by atoms with Crippen LogP contribution in [-0.2, 0) is 14.8 Å². The van der Waals surface area contributed by atoms with Gasteiger partial charge in [-0.25, -0.2) is 13.1 Å². The molecule has 1 saturated heterocycles. The van der Waals surface area contributed by atoms with Gasteiger partial charge in [-0.2, -0.15) is 0 Å². The van der Waals surface area contributed by atoms with Gasteiger partial charge in [0, 0.05) is 26.2 Å². The van der Waals surface area contributed by atoms with E-state index < -0.39 is 10.0 Å². The van der Waals surface area contributed by atoms with Gasteiger partial charge in [0.25, 0.3) is 0 Å². The van der Waals surface area contributed by atoms with Crippen LogP contribution in [0.2, 0.25) is 0 Å². The van der Waals surface area contributed by atoms with Crippen molar-refractivity contribution in [1.29, 1.82) is 0 Å². The van der Waals surface area contributed by atoms with Gasteiger partial charge in [0.05, 0.1) is 18.0 Å². The SMILES string of the molecule is CCCC(CC)S(=O)(=O)NCC1CN(CC(C)C)CCO1. The molecule has 0 aliphatic carbocycles. The van der Waals surface area contributed by atoms with Crippen molar-refractivity contribution in [3.05, 3.63) is 0 Å². The summed E-state index contributed by atoms with van der Waals surface area (Å²) in [6, 6.07) is 0. The Morgan fingerprint density at radius 2 is 2.05 bits per heavy atom. The molecule has 6 heteroatoms. The van der Waals surface area contributed by atoms with Crippen LogP contribution in [0.1, 0.15) is 47.0 Å². The van der Waals surface area contributed by atoms with E-state index in [4.69, 9.17) is 4.74 Å². The third-order valence-electron chi connectivity index (χ3n) is 3.86. The van der Waals surface area contributed by atoms with Gasteiger partial charge in [0.2, 0.25) is 10.0 Å². The highest BCUT2D eigenvalue weighted by Crippen LogP contribution is 2.12. The summed E-state index contributed by atoms with van der Waals surface area (Å²) in [6.07, 6.45) is 2.23. The molecule has 2 atom stereocenters. The predicted molar refractivity (Wildman–Crippen MR) is 86.9 cm³/mol. The Hall–Kier alpha value is -0.170. The maximum absolute atomic E-state index is 12.3. The number of ether oxygens (including phenoxy) is 1. The minimum atomic E-state index is -3.22. The summed E-state index contributed by atoms with van der Waals surface area (Å²) in [5.74, 6) is 0.620. The number of sulfonamides is 1. The van der Waals surface area contributed by atoms with Gasteiger partial charge < -0.3 is 4.74 Å². The molecule has 1 heterocycles. The second kappa shape index (κ2) is 9.08. The Balaban J connectivity index is 2.46. The molecule has 0 spiro atoms. The lowest BCUT2D eigenvalue weighted by molar-refractivity contribution is -0.0280. The molecule has 1 aliphatic heterocycles. The summed E-state index contributed by atoms with van der Waals surface area (Å²) in [7, 11) is -3.22. The van der Waals surface area contributed by atoms with Crippen molar-refractivity contribution in [2.45, 2.75) is 58.3 Å². The molecule has 0 radical (unpaired) electrons. The van der Waals surface area contributed by atoms with Crippen molar-refractivity contribution in [1.82, 2.24) is 9.62 Å². The molecular formula is C15H32N2O3S. The van der Waals surface area contributed by atoms with Gasteiger partial charge in [0.1, 0.15) is 0 Å². The van der Waals surface area contributed by atoms with E-state index in [0.717, 1.165) is 32.5 Å². The average molecular weight is 320 g/mol. The van der Waals surface area contributed by atoms with E-state index in [1.54, 1.807) is 0 Å². The molecule has 0 aromatic rings. The quantitative estimate of drug-likeness (QED) is 0.704. The summed E-state index contributed by atoms with van der Waals surface area (Å²) < 4.78 is 33.0. The monoisotopic (exact) mass is 320 g/mol. The van der Waals surface area contributed by atoms with E-state index in [0.29, 0.717) is 25.5 Å². The third kappa shape index (κ3) is 6.63. The standard InChI is InChI=1S/C15H32N2O3S/c1-5-7-15(6-2)21(18,19)16-10-14-12-17(8-9-20-14)11-13(3)4/h13-16H,5-12H2,1-4H3. The van der Waals surface area contributed by atoms with Crippen LogP contribution in [0.25, 0.3) is 0 Å². The first-order chi connectivity index (χ1) is 9.89. The van der Waals surface area contributed by atoms with Crippen LogP contribution >= 0.6 is 0 Å². The first kappa shape index (κ1) is 18.9. The van der Waals surface area contributed by atoms with Crippen molar-refractivity contribution >= 4 is 10.0 Å². The zero-order valence-electron chi connectivity index (χ0n) is 14.0. The van der Waals surface area contributed by atoms with Gasteiger partial charge in [-0.05, 0) is 18.8 Å². The van der Waals surface area contributed by atoms with E-state index in [1.165, 1.54) is 0 Å². The van der Waals surface area contributed by atoms with Crippen LogP contribution in [0.15, 0.2) is 0 Å². The van der Waals surface area contributed by atoms with Crippen LogP contribution in [0, 0.1) is 5.92 Å². The van der Waals surface area contributed by atoms with Gasteiger partial charge >= 0.3 is 0 Å². The summed E-state index contributed by atoms with van der Waals surface area (Å²) in [5.41, 5.74) is 0. The molecule has 0 aromatic carbocycles. The van der Waals surface area contributed by atoms with E-state index in [9.17, 15) is 8.42 Å². The van der Waals surface area contributed by atoms with Gasteiger partial charge in [-0.1, -0.05) is 34.1 Å². The van der Waals surface area contributed by atoms with Gasteiger partial charge in [-0.15, -0.1) is 0 Å². The predicted octanol–water partition coefficient (Wildman–Crippen LogP) is 1.84. The molecule has 5 nitrogen and oxygen atoms in total. The van der Waals surface area contributed by atoms with Crippen molar-refractivity contribution in [2.75, 3.05) is 32.8 Å². The second-order valence-electron chi connectivity index (χ2n) is 6.36. The Morgan fingerprint density at radius 1 is 1.33 bits per heavy atom. The summed E-state index contributed by atoms with van der Waals surface area (Å²) >= 11 is 0. The minimum absolute atomic E-state index is 0.0357. The summed E-state index contributed by atoms with van der Waals surface area (Å²) in [6.45, 7) is 12.2. The molecule has 1 N–H and O–H groups in total. The lowest BCUT2D eigenvalue weighted by atomic mass is 10.2. The number of nitrogens with zero attached hydrogens (tertiary/aromatic N) is 1.